The van der Waals surface area contributed by atoms with Crippen molar-refractivity contribution in [3.63, 3.8) is 0 Å². The molecular formula is C16H22F2O8S. The Hall–Kier alpha value is -1.33. The first-order chi connectivity index (χ1) is 12.5. The highest BCUT2D eigenvalue weighted by atomic mass is 32.2. The van der Waals surface area contributed by atoms with Gasteiger partial charge in [-0.2, -0.15) is 17.2 Å². The van der Waals surface area contributed by atoms with E-state index < -0.39 is 45.3 Å². The van der Waals surface area contributed by atoms with Crippen molar-refractivity contribution in [3.8, 4) is 0 Å². The van der Waals surface area contributed by atoms with Gasteiger partial charge >= 0.3 is 27.3 Å². The Kier molecular flexibility index (Phi) is 5.48. The first kappa shape index (κ1) is 20.4. The summed E-state index contributed by atoms with van der Waals surface area (Å²) in [4.78, 5) is 25.0. The van der Waals surface area contributed by atoms with Crippen LogP contribution in [0.1, 0.15) is 26.2 Å². The van der Waals surface area contributed by atoms with Crippen LogP contribution in [0, 0.1) is 29.6 Å². The zero-order valence-corrected chi connectivity index (χ0v) is 15.5. The van der Waals surface area contributed by atoms with Crippen LogP contribution in [0.2, 0.25) is 0 Å². The molecule has 3 aliphatic rings. The van der Waals surface area contributed by atoms with Crippen LogP contribution in [0.3, 0.4) is 0 Å². The fourth-order valence-corrected chi connectivity index (χ4v) is 4.65. The maximum Gasteiger partial charge on any atom is 0.405 e. The van der Waals surface area contributed by atoms with E-state index in [0.717, 1.165) is 6.42 Å². The van der Waals surface area contributed by atoms with Crippen molar-refractivity contribution in [3.05, 3.63) is 0 Å². The molecule has 0 radical (unpaired) electrons. The summed E-state index contributed by atoms with van der Waals surface area (Å²) in [6.07, 6.45) is -0.400. The third-order valence-electron chi connectivity index (χ3n) is 5.74. The predicted octanol–water partition coefficient (Wildman–Crippen LogP) is 1.25. The summed E-state index contributed by atoms with van der Waals surface area (Å²) >= 11 is 0. The highest BCUT2D eigenvalue weighted by Gasteiger charge is 2.57. The smallest absolute Gasteiger partial charge is 0.405 e. The van der Waals surface area contributed by atoms with Crippen molar-refractivity contribution >= 4 is 22.1 Å². The Morgan fingerprint density at radius 1 is 1.19 bits per heavy atom. The molecule has 0 aromatic heterocycles. The van der Waals surface area contributed by atoms with E-state index in [0.29, 0.717) is 33.0 Å². The zero-order chi connectivity index (χ0) is 20.0. The Bertz CT molecular complexity index is 705. The summed E-state index contributed by atoms with van der Waals surface area (Å²) in [5.74, 6) is -3.53. The summed E-state index contributed by atoms with van der Waals surface area (Å²) in [5.41, 5.74) is 0. The van der Waals surface area contributed by atoms with Gasteiger partial charge in [-0.15, -0.1) is 0 Å². The average molecular weight is 412 g/mol. The lowest BCUT2D eigenvalue weighted by Crippen LogP contribution is -2.45. The van der Waals surface area contributed by atoms with Crippen molar-refractivity contribution in [1.29, 1.82) is 0 Å². The van der Waals surface area contributed by atoms with Gasteiger partial charge in [-0.25, -0.2) is 0 Å². The van der Waals surface area contributed by atoms with Gasteiger partial charge in [0.2, 0.25) is 0 Å². The van der Waals surface area contributed by atoms with E-state index in [9.17, 15) is 26.8 Å². The van der Waals surface area contributed by atoms with E-state index in [1.165, 1.54) is 0 Å². The molecule has 11 heteroatoms. The topological polar surface area (TPSA) is 116 Å². The maximum absolute atomic E-state index is 13.7. The highest BCUT2D eigenvalue weighted by molar-refractivity contribution is 7.86. The first-order valence-electron chi connectivity index (χ1n) is 8.82. The van der Waals surface area contributed by atoms with Gasteiger partial charge in [0.1, 0.15) is 0 Å². The lowest BCUT2D eigenvalue weighted by atomic mass is 9.79. The summed E-state index contributed by atoms with van der Waals surface area (Å²) in [7, 11) is -5.74. The molecule has 0 aromatic carbocycles. The molecule has 3 fully saturated rings. The molecule has 1 heterocycles. The molecule has 1 aliphatic heterocycles. The van der Waals surface area contributed by atoms with E-state index in [2.05, 4.69) is 4.74 Å². The fourth-order valence-electron chi connectivity index (χ4n) is 4.18. The first-order valence-corrected chi connectivity index (χ1v) is 10.3. The Labute approximate surface area is 155 Å². The van der Waals surface area contributed by atoms with Crippen LogP contribution in [-0.2, 0) is 33.9 Å². The molecule has 1 N–H and O–H groups in total. The third-order valence-corrected chi connectivity index (χ3v) is 6.76. The Balaban J connectivity index is 1.67. The van der Waals surface area contributed by atoms with E-state index in [1.54, 1.807) is 0 Å². The molecule has 2 bridgehead atoms. The van der Waals surface area contributed by atoms with Crippen LogP contribution < -0.4 is 0 Å². The lowest BCUT2D eigenvalue weighted by molar-refractivity contribution is -0.175. The number of fused-ring (bicyclic) bond motifs is 2. The molecule has 2 saturated carbocycles. The Morgan fingerprint density at radius 2 is 1.74 bits per heavy atom. The number of halogens is 2. The number of rotatable bonds is 7. The second-order valence-corrected chi connectivity index (χ2v) is 9.03. The maximum atomic E-state index is 13.7. The van der Waals surface area contributed by atoms with Crippen LogP contribution in [0.25, 0.3) is 0 Å². The van der Waals surface area contributed by atoms with E-state index >= 15 is 0 Å². The third kappa shape index (κ3) is 3.81. The van der Waals surface area contributed by atoms with Gasteiger partial charge in [0, 0.05) is 5.92 Å². The van der Waals surface area contributed by atoms with Crippen LogP contribution >= 0.6 is 0 Å². The summed E-state index contributed by atoms with van der Waals surface area (Å²) in [6, 6.07) is 0. The normalized spacial score (nSPS) is 32.0. The van der Waals surface area contributed by atoms with Crippen molar-refractivity contribution < 1.29 is 45.6 Å². The second kappa shape index (κ2) is 7.25. The molecule has 154 valence electrons. The van der Waals surface area contributed by atoms with E-state index in [-0.39, 0.29) is 24.4 Å². The average Bonchev–Trinajstić information content (AvgIpc) is 3.12. The van der Waals surface area contributed by atoms with E-state index in [1.807, 2.05) is 0 Å². The number of hydrogen-bond donors (Lipinski definition) is 1. The van der Waals surface area contributed by atoms with Gasteiger partial charge in [0.15, 0.2) is 6.10 Å². The van der Waals surface area contributed by atoms with E-state index in [4.69, 9.17) is 14.0 Å². The monoisotopic (exact) mass is 412 g/mol. The van der Waals surface area contributed by atoms with Crippen LogP contribution in [-0.4, -0.2) is 56.1 Å². The minimum absolute atomic E-state index is 0.0879. The standard InChI is InChI=1S/C16H22F2O8S/c1-8(16(17,18)27(21,22)23)26-15(20)13-11-3-2-10(4-11)12(13)14(19)25-7-9-5-24-6-9/h8-13H,2-7H2,1H3,(H,21,22,23). The molecular weight excluding hydrogens is 390 g/mol. The Morgan fingerprint density at radius 3 is 2.22 bits per heavy atom. The SMILES string of the molecule is CC(OC(=O)C1C2CCC(C2)C1C(=O)OCC1COC1)C(F)(F)S(=O)(=O)O. The van der Waals surface area contributed by atoms with Gasteiger partial charge in [-0.3, -0.25) is 14.1 Å². The van der Waals surface area contributed by atoms with Crippen LogP contribution in [0.15, 0.2) is 0 Å². The second-order valence-electron chi connectivity index (χ2n) is 7.53. The zero-order valence-electron chi connectivity index (χ0n) is 14.7. The van der Waals surface area contributed by atoms with Crippen molar-refractivity contribution in [2.75, 3.05) is 19.8 Å². The summed E-state index contributed by atoms with van der Waals surface area (Å²) < 4.78 is 72.5. The molecule has 3 rings (SSSR count). The summed E-state index contributed by atoms with van der Waals surface area (Å²) in [6.45, 7) is 1.85. The largest absolute Gasteiger partial charge is 0.465 e. The van der Waals surface area contributed by atoms with Gasteiger partial charge in [0.25, 0.3) is 0 Å². The van der Waals surface area contributed by atoms with Gasteiger partial charge in [-0.05, 0) is 38.0 Å². The van der Waals surface area contributed by atoms with Crippen molar-refractivity contribution in [1.82, 2.24) is 0 Å². The predicted molar refractivity (Wildman–Crippen MR) is 85.1 cm³/mol. The van der Waals surface area contributed by atoms with Crippen LogP contribution in [0.4, 0.5) is 8.78 Å². The fraction of sp³-hybridized carbons (Fsp3) is 0.875. The molecule has 5 atom stereocenters. The molecule has 5 unspecified atom stereocenters. The van der Waals surface area contributed by atoms with Gasteiger partial charge in [-0.1, -0.05) is 0 Å². The minimum atomic E-state index is -5.74. The van der Waals surface area contributed by atoms with Crippen LogP contribution in [0.5, 0.6) is 0 Å². The number of ether oxygens (including phenoxy) is 3. The minimum Gasteiger partial charge on any atom is -0.465 e. The molecule has 0 spiro atoms. The quantitative estimate of drug-likeness (QED) is 0.491. The number of hydrogen-bond acceptors (Lipinski definition) is 7. The van der Waals surface area contributed by atoms with Gasteiger partial charge in [0.05, 0.1) is 31.7 Å². The molecule has 0 amide bonds. The molecule has 8 nitrogen and oxygen atoms in total. The number of esters is 2. The number of alkyl halides is 2. The summed E-state index contributed by atoms with van der Waals surface area (Å²) in [5, 5.41) is -4.64. The highest BCUT2D eigenvalue weighted by Crippen LogP contribution is 2.53. The van der Waals surface area contributed by atoms with Crippen molar-refractivity contribution in [2.24, 2.45) is 29.6 Å². The molecule has 27 heavy (non-hydrogen) atoms. The van der Waals surface area contributed by atoms with Gasteiger partial charge < -0.3 is 14.2 Å². The number of carbonyl (C=O) groups is 2. The lowest BCUT2D eigenvalue weighted by Gasteiger charge is -2.31. The molecule has 1 saturated heterocycles. The molecule has 0 aromatic rings. The van der Waals surface area contributed by atoms with Crippen molar-refractivity contribution in [2.45, 2.75) is 37.5 Å². The number of carbonyl (C=O) groups excluding carboxylic acids is 2. The molecule has 2 aliphatic carbocycles.